The fraction of sp³-hybridized carbons (Fsp3) is 0.462. The molecule has 0 saturated carbocycles. The van der Waals surface area contributed by atoms with Crippen LogP contribution >= 0.6 is 11.8 Å². The largest absolute Gasteiger partial charge is 0.372 e. The van der Waals surface area contributed by atoms with Gasteiger partial charge < -0.3 is 4.90 Å². The van der Waals surface area contributed by atoms with Crippen LogP contribution in [0.5, 0.6) is 0 Å². The summed E-state index contributed by atoms with van der Waals surface area (Å²) in [5, 5.41) is 8.85. The van der Waals surface area contributed by atoms with Gasteiger partial charge in [0.1, 0.15) is 0 Å². The Morgan fingerprint density at radius 3 is 2.88 bits per heavy atom. The average Bonchev–Trinajstić information content (AvgIpc) is 2.35. The lowest BCUT2D eigenvalue weighted by Gasteiger charge is -2.27. The molecular weight excluding hydrogens is 216 g/mol. The highest BCUT2D eigenvalue weighted by Gasteiger charge is 2.09. The number of benzene rings is 1. The predicted molar refractivity (Wildman–Crippen MR) is 72.0 cm³/mol. The monoisotopic (exact) mass is 234 g/mol. The van der Waals surface area contributed by atoms with Crippen molar-refractivity contribution in [2.24, 2.45) is 0 Å². The fourth-order valence-corrected chi connectivity index (χ4v) is 2.11. The van der Waals surface area contributed by atoms with Crippen LogP contribution in [0.15, 0.2) is 24.3 Å². The molecule has 16 heavy (non-hydrogen) atoms. The second kappa shape index (κ2) is 6.44. The summed E-state index contributed by atoms with van der Waals surface area (Å²) < 4.78 is 0. The number of hydrogen-bond acceptors (Lipinski definition) is 3. The number of thioether (sulfide) groups is 1. The van der Waals surface area contributed by atoms with E-state index in [-0.39, 0.29) is 0 Å². The first-order chi connectivity index (χ1) is 7.69. The zero-order chi connectivity index (χ0) is 12.0. The van der Waals surface area contributed by atoms with Gasteiger partial charge in [-0.15, -0.1) is 0 Å². The summed E-state index contributed by atoms with van der Waals surface area (Å²) in [5.41, 5.74) is 1.84. The molecular formula is C13H18N2S. The molecule has 0 radical (unpaired) electrons. The van der Waals surface area contributed by atoms with E-state index in [2.05, 4.69) is 37.3 Å². The molecule has 0 spiro atoms. The van der Waals surface area contributed by atoms with E-state index < -0.39 is 0 Å². The molecule has 3 heteroatoms. The van der Waals surface area contributed by atoms with Gasteiger partial charge in [-0.25, -0.2) is 0 Å². The second-order valence-electron chi connectivity index (χ2n) is 3.90. The lowest BCUT2D eigenvalue weighted by Crippen LogP contribution is -2.29. The third-order valence-corrected chi connectivity index (χ3v) is 3.43. The molecule has 1 aromatic carbocycles. The normalized spacial score (nSPS) is 11.9. The minimum atomic E-state index is 0.501. The van der Waals surface area contributed by atoms with Gasteiger partial charge >= 0.3 is 0 Å². The second-order valence-corrected chi connectivity index (χ2v) is 4.89. The van der Waals surface area contributed by atoms with Gasteiger partial charge in [0.25, 0.3) is 0 Å². The molecule has 0 aliphatic rings. The van der Waals surface area contributed by atoms with Gasteiger partial charge in [-0.3, -0.25) is 0 Å². The highest BCUT2D eigenvalue weighted by molar-refractivity contribution is 7.98. The summed E-state index contributed by atoms with van der Waals surface area (Å²) in [6.07, 6.45) is 3.29. The van der Waals surface area contributed by atoms with E-state index in [1.165, 1.54) is 5.75 Å². The molecule has 0 heterocycles. The summed E-state index contributed by atoms with van der Waals surface area (Å²) in [7, 11) is 2.08. The third-order valence-electron chi connectivity index (χ3n) is 2.78. The Morgan fingerprint density at radius 1 is 1.50 bits per heavy atom. The average molecular weight is 234 g/mol. The van der Waals surface area contributed by atoms with Gasteiger partial charge in [0.15, 0.2) is 0 Å². The van der Waals surface area contributed by atoms with E-state index >= 15 is 0 Å². The van der Waals surface area contributed by atoms with Crippen LogP contribution in [-0.4, -0.2) is 25.1 Å². The van der Waals surface area contributed by atoms with Crippen molar-refractivity contribution in [2.45, 2.75) is 19.4 Å². The van der Waals surface area contributed by atoms with E-state index in [0.717, 1.165) is 17.7 Å². The van der Waals surface area contributed by atoms with Crippen molar-refractivity contribution in [1.29, 1.82) is 5.26 Å². The molecule has 1 atom stereocenters. The first-order valence-corrected chi connectivity index (χ1v) is 6.80. The Kier molecular flexibility index (Phi) is 5.21. The van der Waals surface area contributed by atoms with Crippen LogP contribution < -0.4 is 4.90 Å². The Bertz CT molecular complexity index is 370. The summed E-state index contributed by atoms with van der Waals surface area (Å²) in [5.74, 6) is 1.17. The lowest BCUT2D eigenvalue weighted by molar-refractivity contribution is 0.669. The molecule has 0 aromatic heterocycles. The van der Waals surface area contributed by atoms with Crippen LogP contribution in [0.25, 0.3) is 0 Å². The molecule has 0 aliphatic carbocycles. The van der Waals surface area contributed by atoms with Crippen molar-refractivity contribution in [3.63, 3.8) is 0 Å². The van der Waals surface area contributed by atoms with Crippen LogP contribution in [0.2, 0.25) is 0 Å². The minimum absolute atomic E-state index is 0.501. The maximum Gasteiger partial charge on any atom is 0.0992 e. The Morgan fingerprint density at radius 2 is 2.25 bits per heavy atom. The zero-order valence-corrected chi connectivity index (χ0v) is 10.9. The molecule has 1 rings (SSSR count). The Balaban J connectivity index is 2.71. The first kappa shape index (κ1) is 12.9. The molecule has 0 aliphatic heterocycles. The fourth-order valence-electron chi connectivity index (χ4n) is 1.53. The smallest absolute Gasteiger partial charge is 0.0992 e. The van der Waals surface area contributed by atoms with Crippen molar-refractivity contribution < 1.29 is 0 Å². The van der Waals surface area contributed by atoms with Gasteiger partial charge in [-0.1, -0.05) is 6.07 Å². The van der Waals surface area contributed by atoms with Gasteiger partial charge in [-0.05, 0) is 43.6 Å². The molecule has 0 fully saturated rings. The van der Waals surface area contributed by atoms with Crippen LogP contribution in [0.4, 0.5) is 5.69 Å². The van der Waals surface area contributed by atoms with Gasteiger partial charge in [0, 0.05) is 18.8 Å². The van der Waals surface area contributed by atoms with E-state index in [4.69, 9.17) is 5.26 Å². The quantitative estimate of drug-likeness (QED) is 0.783. The van der Waals surface area contributed by atoms with Gasteiger partial charge in [0.05, 0.1) is 11.6 Å². The van der Waals surface area contributed by atoms with E-state index in [1.807, 2.05) is 30.0 Å². The Labute approximate surface area is 102 Å². The molecule has 86 valence electrons. The molecule has 0 amide bonds. The van der Waals surface area contributed by atoms with Crippen LogP contribution in [0.3, 0.4) is 0 Å². The van der Waals surface area contributed by atoms with Crippen molar-refractivity contribution in [1.82, 2.24) is 0 Å². The number of hydrogen-bond donors (Lipinski definition) is 0. The predicted octanol–water partition coefficient (Wildman–Crippen LogP) is 3.14. The maximum atomic E-state index is 8.85. The van der Waals surface area contributed by atoms with Crippen LogP contribution in [-0.2, 0) is 0 Å². The molecule has 0 bridgehead atoms. The van der Waals surface area contributed by atoms with E-state index in [0.29, 0.717) is 6.04 Å². The maximum absolute atomic E-state index is 8.85. The zero-order valence-electron chi connectivity index (χ0n) is 10.1. The van der Waals surface area contributed by atoms with Gasteiger partial charge in [-0.2, -0.15) is 17.0 Å². The number of rotatable bonds is 5. The van der Waals surface area contributed by atoms with Gasteiger partial charge in [0.2, 0.25) is 0 Å². The Hall–Kier alpha value is -1.14. The summed E-state index contributed by atoms with van der Waals surface area (Å²) in [4.78, 5) is 2.23. The summed E-state index contributed by atoms with van der Waals surface area (Å²) >= 11 is 1.87. The van der Waals surface area contributed by atoms with Crippen molar-refractivity contribution >= 4 is 17.4 Å². The number of anilines is 1. The van der Waals surface area contributed by atoms with E-state index in [9.17, 15) is 0 Å². The highest BCUT2D eigenvalue weighted by Crippen LogP contribution is 2.18. The van der Waals surface area contributed by atoms with Crippen LogP contribution in [0.1, 0.15) is 18.9 Å². The molecule has 0 N–H and O–H groups in total. The molecule has 1 unspecified atom stereocenters. The molecule has 1 aromatic rings. The van der Waals surface area contributed by atoms with Crippen molar-refractivity contribution in [3.8, 4) is 6.07 Å². The molecule has 0 saturated heterocycles. The number of nitrogens with zero attached hydrogens (tertiary/aromatic N) is 2. The lowest BCUT2D eigenvalue weighted by atomic mass is 10.1. The summed E-state index contributed by atoms with van der Waals surface area (Å²) in [6, 6.07) is 10.4. The van der Waals surface area contributed by atoms with Crippen molar-refractivity contribution in [2.75, 3.05) is 24.0 Å². The van der Waals surface area contributed by atoms with Crippen molar-refractivity contribution in [3.05, 3.63) is 29.8 Å². The standard InChI is InChI=1S/C13H18N2S/c1-11(7-8-16-3)15(2)13-6-4-5-12(9-13)10-14/h4-6,9,11H,7-8H2,1-3H3. The van der Waals surface area contributed by atoms with Crippen LogP contribution in [0, 0.1) is 11.3 Å². The molecule has 2 nitrogen and oxygen atoms in total. The highest BCUT2D eigenvalue weighted by atomic mass is 32.2. The SMILES string of the molecule is CSCCC(C)N(C)c1cccc(C#N)c1. The van der Waals surface area contributed by atoms with E-state index in [1.54, 1.807) is 0 Å². The third kappa shape index (κ3) is 3.46. The summed E-state index contributed by atoms with van der Waals surface area (Å²) in [6.45, 7) is 2.22. The number of nitriles is 1. The topological polar surface area (TPSA) is 27.0 Å². The minimum Gasteiger partial charge on any atom is -0.372 e. The first-order valence-electron chi connectivity index (χ1n) is 5.41.